The molecular weight excluding hydrogens is 368 g/mol. The fourth-order valence-electron chi connectivity index (χ4n) is 3.16. The van der Waals surface area contributed by atoms with Crippen LogP contribution < -0.4 is 0 Å². The maximum Gasteiger partial charge on any atom is 0.338 e. The molecule has 144 valence electrons. The standard InChI is InChI=1S/C20H22N2O4.ClH/c23-20(16-8-10-19(11-9-16)22(24)25)26-15-18-7-3-2-6-17(18)14-21-12-4-1-5-13-21;/h2-3,6-11H,1,4-5,12-15H2;1H. The summed E-state index contributed by atoms with van der Waals surface area (Å²) in [5.41, 5.74) is 2.43. The summed E-state index contributed by atoms with van der Waals surface area (Å²) in [6.45, 7) is 3.28. The first kappa shape index (κ1) is 20.9. The van der Waals surface area contributed by atoms with E-state index in [4.69, 9.17) is 4.74 Å². The van der Waals surface area contributed by atoms with Crippen molar-refractivity contribution in [2.24, 2.45) is 0 Å². The van der Waals surface area contributed by atoms with Gasteiger partial charge in [-0.2, -0.15) is 0 Å². The summed E-state index contributed by atoms with van der Waals surface area (Å²) in [5.74, 6) is -0.479. The number of carbonyl (C=O) groups excluding carboxylic acids is 1. The molecule has 0 saturated carbocycles. The number of nitro groups is 1. The third kappa shape index (κ3) is 5.77. The number of benzene rings is 2. The van der Waals surface area contributed by atoms with Gasteiger partial charge in [0.15, 0.2) is 0 Å². The van der Waals surface area contributed by atoms with Crippen LogP contribution in [0.25, 0.3) is 0 Å². The molecule has 0 spiro atoms. The highest BCUT2D eigenvalue weighted by atomic mass is 35.5. The van der Waals surface area contributed by atoms with E-state index in [1.165, 1.54) is 49.1 Å². The van der Waals surface area contributed by atoms with Crippen LogP contribution in [0.15, 0.2) is 48.5 Å². The summed E-state index contributed by atoms with van der Waals surface area (Å²) in [6.07, 6.45) is 3.76. The fourth-order valence-corrected chi connectivity index (χ4v) is 3.16. The molecule has 0 aromatic heterocycles. The summed E-state index contributed by atoms with van der Waals surface area (Å²) < 4.78 is 5.42. The Kier molecular flexibility index (Phi) is 7.76. The molecule has 0 N–H and O–H groups in total. The van der Waals surface area contributed by atoms with Crippen LogP contribution in [-0.2, 0) is 17.9 Å². The second-order valence-electron chi connectivity index (χ2n) is 6.49. The van der Waals surface area contributed by atoms with Crippen molar-refractivity contribution in [2.45, 2.75) is 32.4 Å². The van der Waals surface area contributed by atoms with E-state index in [0.29, 0.717) is 5.56 Å². The van der Waals surface area contributed by atoms with Crippen molar-refractivity contribution in [3.63, 3.8) is 0 Å². The van der Waals surface area contributed by atoms with Crippen molar-refractivity contribution in [3.05, 3.63) is 75.3 Å². The van der Waals surface area contributed by atoms with Gasteiger partial charge in [-0.3, -0.25) is 15.0 Å². The number of nitro benzene ring substituents is 1. The Morgan fingerprint density at radius 2 is 1.63 bits per heavy atom. The molecule has 2 aromatic rings. The molecule has 0 atom stereocenters. The minimum atomic E-state index is -0.494. The van der Waals surface area contributed by atoms with E-state index in [-0.39, 0.29) is 24.7 Å². The Balaban J connectivity index is 0.00000261. The van der Waals surface area contributed by atoms with Crippen molar-refractivity contribution in [1.29, 1.82) is 0 Å². The second kappa shape index (κ2) is 10.0. The van der Waals surface area contributed by atoms with Gasteiger partial charge < -0.3 is 4.74 Å². The lowest BCUT2D eigenvalue weighted by Crippen LogP contribution is -2.29. The normalized spacial score (nSPS) is 14.2. The third-order valence-electron chi connectivity index (χ3n) is 4.63. The molecule has 1 aliphatic rings. The molecule has 1 saturated heterocycles. The quantitative estimate of drug-likeness (QED) is 0.416. The van der Waals surface area contributed by atoms with Gasteiger partial charge in [-0.25, -0.2) is 4.79 Å². The van der Waals surface area contributed by atoms with Crippen LogP contribution in [0.2, 0.25) is 0 Å². The number of nitrogens with zero attached hydrogens (tertiary/aromatic N) is 2. The van der Waals surface area contributed by atoms with Gasteiger partial charge in [0.25, 0.3) is 5.69 Å². The van der Waals surface area contributed by atoms with Gasteiger partial charge in [0.05, 0.1) is 10.5 Å². The zero-order chi connectivity index (χ0) is 18.4. The average molecular weight is 391 g/mol. The van der Waals surface area contributed by atoms with Gasteiger partial charge in [-0.1, -0.05) is 30.7 Å². The number of halogens is 1. The van der Waals surface area contributed by atoms with Crippen LogP contribution in [0.4, 0.5) is 5.69 Å². The topological polar surface area (TPSA) is 72.7 Å². The predicted molar refractivity (Wildman–Crippen MR) is 105 cm³/mol. The van der Waals surface area contributed by atoms with Crippen molar-refractivity contribution in [3.8, 4) is 0 Å². The highest BCUT2D eigenvalue weighted by molar-refractivity contribution is 5.89. The maximum atomic E-state index is 12.2. The summed E-state index contributed by atoms with van der Waals surface area (Å²) in [7, 11) is 0. The molecule has 1 aliphatic heterocycles. The van der Waals surface area contributed by atoms with Crippen LogP contribution in [-0.4, -0.2) is 28.9 Å². The Hall–Kier alpha value is -2.44. The van der Waals surface area contributed by atoms with Crippen molar-refractivity contribution in [2.75, 3.05) is 13.1 Å². The molecule has 7 heteroatoms. The van der Waals surface area contributed by atoms with Crippen LogP contribution in [0.1, 0.15) is 40.7 Å². The zero-order valence-electron chi connectivity index (χ0n) is 15.0. The molecule has 6 nitrogen and oxygen atoms in total. The summed E-state index contributed by atoms with van der Waals surface area (Å²) in [5, 5.41) is 10.7. The number of rotatable bonds is 6. The summed E-state index contributed by atoms with van der Waals surface area (Å²) >= 11 is 0. The Bertz CT molecular complexity index is 774. The van der Waals surface area contributed by atoms with Gasteiger partial charge in [0, 0.05) is 18.7 Å². The monoisotopic (exact) mass is 390 g/mol. The molecule has 0 amide bonds. The minimum absolute atomic E-state index is 0. The number of carbonyl (C=O) groups is 1. The molecule has 0 radical (unpaired) electrons. The smallest absolute Gasteiger partial charge is 0.338 e. The zero-order valence-corrected chi connectivity index (χ0v) is 15.8. The van der Waals surface area contributed by atoms with Crippen molar-refractivity contribution in [1.82, 2.24) is 4.90 Å². The number of likely N-dealkylation sites (tertiary alicyclic amines) is 1. The molecule has 3 rings (SSSR count). The van der Waals surface area contributed by atoms with Gasteiger partial charge in [-0.05, 0) is 49.2 Å². The number of non-ortho nitro benzene ring substituents is 1. The lowest BCUT2D eigenvalue weighted by atomic mass is 10.1. The number of esters is 1. The molecule has 0 bridgehead atoms. The van der Waals surface area contributed by atoms with E-state index >= 15 is 0 Å². The lowest BCUT2D eigenvalue weighted by Gasteiger charge is -2.27. The van der Waals surface area contributed by atoms with Gasteiger partial charge >= 0.3 is 5.97 Å². The summed E-state index contributed by atoms with van der Waals surface area (Å²) in [6, 6.07) is 13.4. The lowest BCUT2D eigenvalue weighted by molar-refractivity contribution is -0.384. The fraction of sp³-hybridized carbons (Fsp3) is 0.350. The first-order chi connectivity index (χ1) is 12.6. The molecule has 2 aromatic carbocycles. The first-order valence-corrected chi connectivity index (χ1v) is 8.84. The first-order valence-electron chi connectivity index (χ1n) is 8.84. The van der Waals surface area contributed by atoms with E-state index in [2.05, 4.69) is 11.0 Å². The molecule has 1 heterocycles. The van der Waals surface area contributed by atoms with Gasteiger partial charge in [-0.15, -0.1) is 12.4 Å². The maximum absolute atomic E-state index is 12.2. The number of ether oxygens (including phenoxy) is 1. The van der Waals surface area contributed by atoms with Crippen molar-refractivity contribution < 1.29 is 14.5 Å². The Morgan fingerprint density at radius 1 is 1.00 bits per heavy atom. The van der Waals surface area contributed by atoms with E-state index in [1.807, 2.05) is 18.2 Å². The average Bonchev–Trinajstić information content (AvgIpc) is 2.68. The Labute approximate surface area is 164 Å². The predicted octanol–water partition coefficient (Wildman–Crippen LogP) is 4.36. The summed E-state index contributed by atoms with van der Waals surface area (Å²) in [4.78, 5) is 24.8. The number of hydrogen-bond donors (Lipinski definition) is 0. The third-order valence-corrected chi connectivity index (χ3v) is 4.63. The molecule has 0 unspecified atom stereocenters. The van der Waals surface area contributed by atoms with E-state index in [9.17, 15) is 14.9 Å². The SMILES string of the molecule is Cl.O=C(OCc1ccccc1CN1CCCCC1)c1ccc([N+](=O)[O-])cc1. The van der Waals surface area contributed by atoms with Gasteiger partial charge in [0.1, 0.15) is 6.61 Å². The molecule has 0 aliphatic carbocycles. The second-order valence-corrected chi connectivity index (χ2v) is 6.49. The van der Waals surface area contributed by atoms with E-state index in [0.717, 1.165) is 25.2 Å². The highest BCUT2D eigenvalue weighted by Crippen LogP contribution is 2.18. The highest BCUT2D eigenvalue weighted by Gasteiger charge is 2.14. The largest absolute Gasteiger partial charge is 0.457 e. The van der Waals surface area contributed by atoms with Crippen LogP contribution in [0, 0.1) is 10.1 Å². The molecule has 1 fully saturated rings. The number of hydrogen-bond acceptors (Lipinski definition) is 5. The number of piperidine rings is 1. The van der Waals surface area contributed by atoms with E-state index < -0.39 is 10.9 Å². The Morgan fingerprint density at radius 3 is 2.26 bits per heavy atom. The van der Waals surface area contributed by atoms with Gasteiger partial charge in [0.2, 0.25) is 0 Å². The van der Waals surface area contributed by atoms with Crippen LogP contribution >= 0.6 is 12.4 Å². The minimum Gasteiger partial charge on any atom is -0.457 e. The van der Waals surface area contributed by atoms with Crippen LogP contribution in [0.5, 0.6) is 0 Å². The molecular formula is C20H23ClN2O4. The van der Waals surface area contributed by atoms with Crippen LogP contribution in [0.3, 0.4) is 0 Å². The molecule has 27 heavy (non-hydrogen) atoms. The van der Waals surface area contributed by atoms with E-state index in [1.54, 1.807) is 0 Å². The van der Waals surface area contributed by atoms with Crippen molar-refractivity contribution >= 4 is 24.1 Å².